The van der Waals surface area contributed by atoms with E-state index in [2.05, 4.69) is 10.5 Å². The van der Waals surface area contributed by atoms with Crippen LogP contribution in [0.2, 0.25) is 0 Å². The minimum atomic E-state index is -0.582. The topological polar surface area (TPSA) is 63.2 Å². The molecule has 1 aliphatic rings. The first-order valence-electron chi connectivity index (χ1n) is 4.16. The summed E-state index contributed by atoms with van der Waals surface area (Å²) in [7, 11) is 0. The second-order valence-corrected chi connectivity index (χ2v) is 2.28. The van der Waals surface area contributed by atoms with Crippen LogP contribution in [0.15, 0.2) is 5.10 Å². The van der Waals surface area contributed by atoms with E-state index in [4.69, 9.17) is 9.57 Å². The first-order chi connectivity index (χ1) is 6.33. The Hall–Kier alpha value is -1.30. The smallest absolute Gasteiger partial charge is 0.336 e. The van der Waals surface area contributed by atoms with Crippen LogP contribution in [-0.2, 0) is 14.4 Å². The fraction of sp³-hybridized carbons (Fsp3) is 0.714. The third-order valence-electron chi connectivity index (χ3n) is 1.40. The summed E-state index contributed by atoms with van der Waals surface area (Å²) in [6.45, 7) is 4.60. The molecule has 1 atom stereocenters. The number of carbonyl (C=O) groups is 1. The van der Waals surface area contributed by atoms with Crippen LogP contribution in [0.25, 0.3) is 0 Å². The van der Waals surface area contributed by atoms with Gasteiger partial charge in [0.25, 0.3) is 0 Å². The third-order valence-corrected chi connectivity index (χ3v) is 1.40. The zero-order chi connectivity index (χ0) is 9.68. The number of amidine groups is 1. The molecule has 0 spiro atoms. The van der Waals surface area contributed by atoms with Crippen LogP contribution in [0.1, 0.15) is 13.8 Å². The molecule has 0 saturated carbocycles. The number of ether oxygens (including phenoxy) is 1. The number of nitrogens with zero attached hydrogens (tertiary/aromatic N) is 2. The Balaban J connectivity index is 2.57. The van der Waals surface area contributed by atoms with Gasteiger partial charge in [-0.3, -0.25) is 15.1 Å². The minimum Gasteiger partial charge on any atom is -0.463 e. The lowest BCUT2D eigenvalue weighted by Gasteiger charge is -2.20. The van der Waals surface area contributed by atoms with Gasteiger partial charge in [0.15, 0.2) is 6.29 Å². The molecule has 1 heterocycles. The molecule has 0 bridgehead atoms. The SMILES string of the molecule is CCOC1=NNC(C=O)N1OCC. The molecule has 0 amide bonds. The van der Waals surface area contributed by atoms with Gasteiger partial charge in [-0.2, -0.15) is 5.06 Å². The molecule has 0 aromatic rings. The quantitative estimate of drug-likeness (QED) is 0.611. The van der Waals surface area contributed by atoms with Crippen molar-refractivity contribution in [2.24, 2.45) is 5.10 Å². The summed E-state index contributed by atoms with van der Waals surface area (Å²) < 4.78 is 5.13. The molecule has 1 N–H and O–H groups in total. The van der Waals surface area contributed by atoms with Gasteiger partial charge in [0.05, 0.1) is 13.2 Å². The summed E-state index contributed by atoms with van der Waals surface area (Å²) in [6.07, 6.45) is 0.118. The molecule has 0 fully saturated rings. The molecule has 0 aromatic heterocycles. The second kappa shape index (κ2) is 4.66. The van der Waals surface area contributed by atoms with E-state index in [0.717, 1.165) is 0 Å². The average Bonchev–Trinajstić information content (AvgIpc) is 2.50. The summed E-state index contributed by atoms with van der Waals surface area (Å²) in [5, 5.41) is 5.11. The van der Waals surface area contributed by atoms with Crippen LogP contribution in [-0.4, -0.2) is 36.8 Å². The van der Waals surface area contributed by atoms with E-state index in [9.17, 15) is 4.79 Å². The van der Waals surface area contributed by atoms with Gasteiger partial charge < -0.3 is 4.74 Å². The van der Waals surface area contributed by atoms with Crippen molar-refractivity contribution in [3.63, 3.8) is 0 Å². The van der Waals surface area contributed by atoms with Crippen LogP contribution in [0.4, 0.5) is 0 Å². The maximum atomic E-state index is 10.5. The van der Waals surface area contributed by atoms with Gasteiger partial charge in [0.1, 0.15) is 0 Å². The molecule has 6 heteroatoms. The fourth-order valence-corrected chi connectivity index (χ4v) is 0.927. The number of rotatable bonds is 4. The van der Waals surface area contributed by atoms with Crippen molar-refractivity contribution in [1.82, 2.24) is 10.5 Å². The Morgan fingerprint density at radius 2 is 2.38 bits per heavy atom. The van der Waals surface area contributed by atoms with E-state index in [-0.39, 0.29) is 0 Å². The number of carbonyl (C=O) groups excluding carboxylic acids is 1. The predicted octanol–water partition coefficient (Wildman–Crippen LogP) is -0.324. The van der Waals surface area contributed by atoms with E-state index in [0.29, 0.717) is 25.5 Å². The monoisotopic (exact) mass is 187 g/mol. The molecule has 74 valence electrons. The summed E-state index contributed by atoms with van der Waals surface area (Å²) >= 11 is 0. The Kier molecular flexibility index (Phi) is 3.51. The number of hydroxylamine groups is 2. The molecule has 1 unspecified atom stereocenters. The van der Waals surface area contributed by atoms with Crippen molar-refractivity contribution >= 4 is 12.3 Å². The molecule has 1 aliphatic heterocycles. The van der Waals surface area contributed by atoms with E-state index in [1.54, 1.807) is 0 Å². The van der Waals surface area contributed by atoms with Crippen LogP contribution >= 0.6 is 0 Å². The molecule has 1 rings (SSSR count). The molecule has 6 nitrogen and oxygen atoms in total. The highest BCUT2D eigenvalue weighted by molar-refractivity contribution is 5.78. The van der Waals surface area contributed by atoms with Crippen molar-refractivity contribution in [3.8, 4) is 0 Å². The van der Waals surface area contributed by atoms with Crippen LogP contribution in [0.3, 0.4) is 0 Å². The Bertz CT molecular complexity index is 207. The molecule has 13 heavy (non-hydrogen) atoms. The Morgan fingerprint density at radius 1 is 1.62 bits per heavy atom. The average molecular weight is 187 g/mol. The molecule has 0 saturated heterocycles. The number of aldehydes is 1. The Morgan fingerprint density at radius 3 is 2.92 bits per heavy atom. The van der Waals surface area contributed by atoms with Crippen LogP contribution < -0.4 is 5.43 Å². The van der Waals surface area contributed by atoms with Gasteiger partial charge in [0, 0.05) is 0 Å². The third kappa shape index (κ3) is 2.09. The standard InChI is InChI=1S/C7H13N3O3/c1-3-12-7-9-8-6(5-11)10(7)13-4-2/h5-6,8H,3-4H2,1-2H3. The van der Waals surface area contributed by atoms with Crippen molar-refractivity contribution < 1.29 is 14.4 Å². The highest BCUT2D eigenvalue weighted by atomic mass is 16.7. The van der Waals surface area contributed by atoms with E-state index < -0.39 is 6.17 Å². The van der Waals surface area contributed by atoms with Crippen molar-refractivity contribution in [1.29, 1.82) is 0 Å². The first kappa shape index (κ1) is 9.79. The van der Waals surface area contributed by atoms with Gasteiger partial charge in [0.2, 0.25) is 6.17 Å². The van der Waals surface area contributed by atoms with Gasteiger partial charge in [-0.25, -0.2) is 0 Å². The second-order valence-electron chi connectivity index (χ2n) is 2.28. The molecule has 0 radical (unpaired) electrons. The van der Waals surface area contributed by atoms with Gasteiger partial charge in [-0.1, -0.05) is 0 Å². The highest BCUT2D eigenvalue weighted by Gasteiger charge is 2.29. The number of hydrazone groups is 1. The van der Waals surface area contributed by atoms with Crippen LogP contribution in [0, 0.1) is 0 Å². The molecular weight excluding hydrogens is 174 g/mol. The maximum absolute atomic E-state index is 10.5. The molecule has 0 aliphatic carbocycles. The minimum absolute atomic E-state index is 0.293. The van der Waals surface area contributed by atoms with Crippen molar-refractivity contribution in [3.05, 3.63) is 0 Å². The number of nitrogens with one attached hydrogen (secondary N) is 1. The predicted molar refractivity (Wildman–Crippen MR) is 45.5 cm³/mol. The van der Waals surface area contributed by atoms with Gasteiger partial charge in [-0.15, -0.1) is 5.10 Å². The summed E-state index contributed by atoms with van der Waals surface area (Å²) in [5.41, 5.74) is 2.57. The first-order valence-corrected chi connectivity index (χ1v) is 4.16. The largest absolute Gasteiger partial charge is 0.463 e. The zero-order valence-electron chi connectivity index (χ0n) is 7.69. The number of hydrogen-bond donors (Lipinski definition) is 1. The molecular formula is C7H13N3O3. The summed E-state index contributed by atoms with van der Waals surface area (Å²) in [4.78, 5) is 15.7. The highest BCUT2D eigenvalue weighted by Crippen LogP contribution is 2.06. The van der Waals surface area contributed by atoms with Gasteiger partial charge in [-0.05, 0) is 13.8 Å². The lowest BCUT2D eigenvalue weighted by molar-refractivity contribution is -0.146. The molecule has 0 aromatic carbocycles. The zero-order valence-corrected chi connectivity index (χ0v) is 7.69. The van der Waals surface area contributed by atoms with E-state index in [1.165, 1.54) is 5.06 Å². The van der Waals surface area contributed by atoms with Crippen LogP contribution in [0.5, 0.6) is 0 Å². The van der Waals surface area contributed by atoms with E-state index >= 15 is 0 Å². The Labute approximate surface area is 76.4 Å². The summed E-state index contributed by atoms with van der Waals surface area (Å²) in [5.74, 6) is 0. The lowest BCUT2D eigenvalue weighted by atomic mass is 10.6. The van der Waals surface area contributed by atoms with E-state index in [1.807, 2.05) is 13.8 Å². The normalized spacial score (nSPS) is 20.9. The lowest BCUT2D eigenvalue weighted by Crippen LogP contribution is -2.42. The van der Waals surface area contributed by atoms with Gasteiger partial charge >= 0.3 is 6.02 Å². The van der Waals surface area contributed by atoms with Crippen molar-refractivity contribution in [2.75, 3.05) is 13.2 Å². The summed E-state index contributed by atoms with van der Waals surface area (Å²) in [6, 6.07) is 0.293. The maximum Gasteiger partial charge on any atom is 0.336 e. The fourth-order valence-electron chi connectivity index (χ4n) is 0.927. The van der Waals surface area contributed by atoms with Crippen molar-refractivity contribution in [2.45, 2.75) is 20.0 Å². The number of hydrogen-bond acceptors (Lipinski definition) is 6.